The molecule has 3 rings (SSSR count). The summed E-state index contributed by atoms with van der Waals surface area (Å²) < 4.78 is 11.9. The Bertz CT molecular complexity index is 1010. The highest BCUT2D eigenvalue weighted by Gasteiger charge is 2.13. The third kappa shape index (κ3) is 4.56. The van der Waals surface area contributed by atoms with Crippen LogP contribution in [0.5, 0.6) is 0 Å². The summed E-state index contributed by atoms with van der Waals surface area (Å²) >= 11 is 1.18. The fourth-order valence-corrected chi connectivity index (χ4v) is 3.57. The highest BCUT2D eigenvalue weighted by atomic mass is 32.1. The zero-order valence-electron chi connectivity index (χ0n) is 16.4. The van der Waals surface area contributed by atoms with Gasteiger partial charge in [0.15, 0.2) is 6.61 Å². The number of hydrogen-bond acceptors (Lipinski definition) is 7. The van der Waals surface area contributed by atoms with Crippen molar-refractivity contribution < 1.29 is 14.1 Å². The molecule has 28 heavy (non-hydrogen) atoms. The SMILES string of the molecule is Cc1sc(=O)n(CCC(=O)OCc2nc(-c3ccc(C(C)C)cc3)no2)c1C. The number of aromatic nitrogens is 3. The van der Waals surface area contributed by atoms with Gasteiger partial charge in [-0.15, -0.1) is 0 Å². The molecule has 0 N–H and O–H groups in total. The Morgan fingerprint density at radius 1 is 1.25 bits per heavy atom. The fourth-order valence-electron chi connectivity index (χ4n) is 2.71. The highest BCUT2D eigenvalue weighted by Crippen LogP contribution is 2.20. The van der Waals surface area contributed by atoms with Crippen LogP contribution in [0.4, 0.5) is 0 Å². The molecule has 0 aliphatic heterocycles. The summed E-state index contributed by atoms with van der Waals surface area (Å²) in [6.07, 6.45) is 0.106. The number of thiazole rings is 1. The summed E-state index contributed by atoms with van der Waals surface area (Å²) in [4.78, 5) is 29.0. The monoisotopic (exact) mass is 401 g/mol. The van der Waals surface area contributed by atoms with Gasteiger partial charge in [-0.1, -0.05) is 54.6 Å². The number of carbonyl (C=O) groups excluding carboxylic acids is 1. The predicted molar refractivity (Wildman–Crippen MR) is 106 cm³/mol. The van der Waals surface area contributed by atoms with Gasteiger partial charge >= 0.3 is 10.8 Å². The van der Waals surface area contributed by atoms with E-state index in [4.69, 9.17) is 9.26 Å². The van der Waals surface area contributed by atoms with Crippen LogP contribution in [-0.4, -0.2) is 20.7 Å². The molecule has 0 fully saturated rings. The maximum Gasteiger partial charge on any atom is 0.308 e. The maximum atomic E-state index is 12.0. The van der Waals surface area contributed by atoms with Gasteiger partial charge in [-0.05, 0) is 25.3 Å². The standard InChI is InChI=1S/C20H23N3O4S/c1-12(2)15-5-7-16(8-6-15)19-21-17(27-22-19)11-26-18(24)9-10-23-13(3)14(4)28-20(23)25/h5-8,12H,9-11H2,1-4H3. The minimum atomic E-state index is -0.420. The van der Waals surface area contributed by atoms with Crippen LogP contribution < -0.4 is 4.87 Å². The molecule has 0 aliphatic rings. The molecule has 7 nitrogen and oxygen atoms in total. The first kappa shape index (κ1) is 20.0. The van der Waals surface area contributed by atoms with Crippen molar-refractivity contribution in [2.75, 3.05) is 0 Å². The molecule has 0 atom stereocenters. The van der Waals surface area contributed by atoms with Crippen molar-refractivity contribution in [3.63, 3.8) is 0 Å². The van der Waals surface area contributed by atoms with E-state index in [1.165, 1.54) is 16.9 Å². The largest absolute Gasteiger partial charge is 0.456 e. The molecule has 0 unspecified atom stereocenters. The van der Waals surface area contributed by atoms with Crippen molar-refractivity contribution in [3.05, 3.63) is 56.0 Å². The number of rotatable bonds is 7. The van der Waals surface area contributed by atoms with E-state index in [1.807, 2.05) is 38.1 Å². The third-order valence-corrected chi connectivity index (χ3v) is 5.57. The molecule has 0 aliphatic carbocycles. The Morgan fingerprint density at radius 2 is 1.96 bits per heavy atom. The zero-order chi connectivity index (χ0) is 20.3. The Labute approximate surface area is 167 Å². The van der Waals surface area contributed by atoms with E-state index in [0.29, 0.717) is 18.3 Å². The van der Waals surface area contributed by atoms with Crippen molar-refractivity contribution in [2.45, 2.75) is 53.2 Å². The van der Waals surface area contributed by atoms with Gasteiger partial charge in [-0.2, -0.15) is 4.98 Å². The molecule has 0 spiro atoms. The molecule has 3 aromatic rings. The lowest BCUT2D eigenvalue weighted by atomic mass is 10.0. The quantitative estimate of drug-likeness (QED) is 0.559. The molecule has 2 heterocycles. The van der Waals surface area contributed by atoms with E-state index < -0.39 is 5.97 Å². The summed E-state index contributed by atoms with van der Waals surface area (Å²) in [5, 5.41) is 3.94. The molecule has 8 heteroatoms. The maximum absolute atomic E-state index is 12.0. The van der Waals surface area contributed by atoms with Crippen LogP contribution in [0, 0.1) is 13.8 Å². The summed E-state index contributed by atoms with van der Waals surface area (Å²) in [7, 11) is 0. The lowest BCUT2D eigenvalue weighted by Gasteiger charge is -2.05. The molecule has 0 saturated heterocycles. The molecular formula is C20H23N3O4S. The van der Waals surface area contributed by atoms with Crippen LogP contribution in [0.2, 0.25) is 0 Å². The second-order valence-corrected chi connectivity index (χ2v) is 8.03. The van der Waals surface area contributed by atoms with E-state index in [2.05, 4.69) is 24.0 Å². The molecule has 1 aromatic carbocycles. The molecular weight excluding hydrogens is 378 g/mol. The number of carbonyl (C=O) groups is 1. The molecule has 2 aromatic heterocycles. The first-order chi connectivity index (χ1) is 13.3. The van der Waals surface area contributed by atoms with Crippen LogP contribution in [-0.2, 0) is 22.7 Å². The van der Waals surface area contributed by atoms with Gasteiger partial charge in [-0.3, -0.25) is 9.59 Å². The highest BCUT2D eigenvalue weighted by molar-refractivity contribution is 7.09. The number of ether oxygens (including phenoxy) is 1. The van der Waals surface area contributed by atoms with E-state index in [9.17, 15) is 9.59 Å². The molecule has 0 radical (unpaired) electrons. The summed E-state index contributed by atoms with van der Waals surface area (Å²) in [5.74, 6) is 0.719. The van der Waals surface area contributed by atoms with Crippen LogP contribution in [0.3, 0.4) is 0 Å². The van der Waals surface area contributed by atoms with Gasteiger partial charge in [0.05, 0.1) is 6.42 Å². The van der Waals surface area contributed by atoms with Gasteiger partial charge in [0, 0.05) is 22.7 Å². The summed E-state index contributed by atoms with van der Waals surface area (Å²) in [5.41, 5.74) is 2.96. The van der Waals surface area contributed by atoms with Crippen LogP contribution in [0.1, 0.15) is 48.2 Å². The van der Waals surface area contributed by atoms with Gasteiger partial charge in [-0.25, -0.2) is 0 Å². The van der Waals surface area contributed by atoms with Crippen molar-refractivity contribution in [1.29, 1.82) is 0 Å². The van der Waals surface area contributed by atoms with Gasteiger partial charge in [0.1, 0.15) is 0 Å². The van der Waals surface area contributed by atoms with E-state index in [1.54, 1.807) is 4.57 Å². The van der Waals surface area contributed by atoms with Crippen LogP contribution in [0.15, 0.2) is 33.6 Å². The molecule has 148 valence electrons. The van der Waals surface area contributed by atoms with E-state index in [0.717, 1.165) is 16.1 Å². The summed E-state index contributed by atoms with van der Waals surface area (Å²) in [6.45, 7) is 8.23. The predicted octanol–water partition coefficient (Wildman–Crippen LogP) is 3.83. The first-order valence-electron chi connectivity index (χ1n) is 9.10. The lowest BCUT2D eigenvalue weighted by Crippen LogP contribution is -2.18. The number of benzene rings is 1. The van der Waals surface area contributed by atoms with Gasteiger partial charge in [0.25, 0.3) is 5.89 Å². The number of esters is 1. The minimum Gasteiger partial charge on any atom is -0.456 e. The van der Waals surface area contributed by atoms with Crippen molar-refractivity contribution in [3.8, 4) is 11.4 Å². The Balaban J connectivity index is 1.54. The zero-order valence-corrected chi connectivity index (χ0v) is 17.2. The molecule has 0 saturated carbocycles. The second kappa shape index (κ2) is 8.52. The van der Waals surface area contributed by atoms with Crippen LogP contribution >= 0.6 is 11.3 Å². The van der Waals surface area contributed by atoms with Crippen LogP contribution in [0.25, 0.3) is 11.4 Å². The topological polar surface area (TPSA) is 87.2 Å². The van der Waals surface area contributed by atoms with Gasteiger partial charge in [0.2, 0.25) is 5.82 Å². The smallest absolute Gasteiger partial charge is 0.308 e. The molecule has 0 amide bonds. The number of hydrogen-bond donors (Lipinski definition) is 0. The minimum absolute atomic E-state index is 0.0622. The Kier molecular flexibility index (Phi) is 6.08. The van der Waals surface area contributed by atoms with E-state index in [-0.39, 0.29) is 23.8 Å². The average molecular weight is 401 g/mol. The Morgan fingerprint density at radius 3 is 2.57 bits per heavy atom. The summed E-state index contributed by atoms with van der Waals surface area (Å²) in [6, 6.07) is 7.95. The van der Waals surface area contributed by atoms with Gasteiger partial charge < -0.3 is 13.8 Å². The average Bonchev–Trinajstić information content (AvgIpc) is 3.24. The van der Waals surface area contributed by atoms with E-state index >= 15 is 0 Å². The number of nitrogens with zero attached hydrogens (tertiary/aromatic N) is 3. The van der Waals surface area contributed by atoms with Crippen molar-refractivity contribution >= 4 is 17.3 Å². The third-order valence-electron chi connectivity index (χ3n) is 4.57. The van der Waals surface area contributed by atoms with Crippen molar-refractivity contribution in [2.24, 2.45) is 0 Å². The molecule has 0 bridgehead atoms. The van der Waals surface area contributed by atoms with Crippen molar-refractivity contribution in [1.82, 2.24) is 14.7 Å². The lowest BCUT2D eigenvalue weighted by molar-refractivity contribution is -0.146. The fraction of sp³-hybridized carbons (Fsp3) is 0.400. The number of aryl methyl sites for hydroxylation is 1. The first-order valence-corrected chi connectivity index (χ1v) is 9.92. The second-order valence-electron chi connectivity index (χ2n) is 6.86. The Hall–Kier alpha value is -2.74. The normalized spacial score (nSPS) is 11.2.